The fourth-order valence-corrected chi connectivity index (χ4v) is 3.15. The zero-order valence-corrected chi connectivity index (χ0v) is 13.5. The van der Waals surface area contributed by atoms with Crippen LogP contribution in [0.4, 0.5) is 0 Å². The molecule has 0 fully saturated rings. The Morgan fingerprint density at radius 2 is 2.11 bits per heavy atom. The zero-order chi connectivity index (χ0) is 14.5. The lowest BCUT2D eigenvalue weighted by atomic mass is 10.3. The van der Waals surface area contributed by atoms with Gasteiger partial charge in [0.05, 0.1) is 12.7 Å². The summed E-state index contributed by atoms with van der Waals surface area (Å²) in [4.78, 5) is 0.118. The normalized spacial score (nSPS) is 13.3. The second kappa shape index (κ2) is 7.23. The maximum atomic E-state index is 12.2. The summed E-state index contributed by atoms with van der Waals surface area (Å²) in [6.45, 7) is 4.20. The van der Waals surface area contributed by atoms with E-state index in [4.69, 9.17) is 9.47 Å². The lowest BCUT2D eigenvalue weighted by molar-refractivity contribution is 0.122. The number of sulfonamides is 1. The number of halogens is 1. The number of nitrogens with one attached hydrogen (secondary N) is 1. The van der Waals surface area contributed by atoms with Crippen LogP contribution in [0.3, 0.4) is 0 Å². The fraction of sp³-hybridized carbons (Fsp3) is 0.500. The van der Waals surface area contributed by atoms with Crippen LogP contribution in [-0.2, 0) is 14.8 Å². The van der Waals surface area contributed by atoms with Crippen molar-refractivity contribution >= 4 is 26.0 Å². The van der Waals surface area contributed by atoms with Gasteiger partial charge in [-0.2, -0.15) is 0 Å². The summed E-state index contributed by atoms with van der Waals surface area (Å²) in [5.41, 5.74) is 0. The highest BCUT2D eigenvalue weighted by Gasteiger charge is 2.20. The van der Waals surface area contributed by atoms with Gasteiger partial charge in [-0.05, 0) is 32.0 Å². The Hall–Kier alpha value is -0.630. The summed E-state index contributed by atoms with van der Waals surface area (Å²) in [7, 11) is -2.09. The van der Waals surface area contributed by atoms with E-state index < -0.39 is 10.0 Å². The molecule has 19 heavy (non-hydrogen) atoms. The second-order valence-electron chi connectivity index (χ2n) is 3.92. The molecule has 108 valence electrons. The van der Waals surface area contributed by atoms with Crippen LogP contribution in [0.1, 0.15) is 13.8 Å². The Balaban J connectivity index is 3.02. The van der Waals surface area contributed by atoms with Gasteiger partial charge in [0.2, 0.25) is 10.0 Å². The van der Waals surface area contributed by atoms with Crippen molar-refractivity contribution in [2.24, 2.45) is 0 Å². The highest BCUT2D eigenvalue weighted by atomic mass is 79.9. The van der Waals surface area contributed by atoms with E-state index in [2.05, 4.69) is 20.7 Å². The van der Waals surface area contributed by atoms with Crippen molar-refractivity contribution in [2.45, 2.75) is 24.8 Å². The van der Waals surface area contributed by atoms with Crippen LogP contribution in [0, 0.1) is 0 Å². The Labute approximate surface area is 122 Å². The Morgan fingerprint density at radius 1 is 1.42 bits per heavy atom. The number of ether oxygens (including phenoxy) is 2. The summed E-state index contributed by atoms with van der Waals surface area (Å²) >= 11 is 3.26. The third-order valence-electron chi connectivity index (χ3n) is 2.46. The van der Waals surface area contributed by atoms with E-state index >= 15 is 0 Å². The number of methoxy groups -OCH3 is 1. The van der Waals surface area contributed by atoms with Crippen molar-refractivity contribution in [2.75, 3.05) is 20.3 Å². The molecule has 0 radical (unpaired) electrons. The van der Waals surface area contributed by atoms with Crippen molar-refractivity contribution in [3.63, 3.8) is 0 Å². The van der Waals surface area contributed by atoms with Crippen molar-refractivity contribution in [3.8, 4) is 5.75 Å². The van der Waals surface area contributed by atoms with Crippen LogP contribution < -0.4 is 9.46 Å². The standard InChI is InChI=1S/C12H18BrNO4S/c1-4-18-11-6-5-10(13)7-12(11)19(15,16)14-8-9(2)17-3/h5-7,9,14H,4,8H2,1-3H3. The van der Waals surface area contributed by atoms with Crippen molar-refractivity contribution in [3.05, 3.63) is 22.7 Å². The number of hydrogen-bond acceptors (Lipinski definition) is 4. The molecule has 5 nitrogen and oxygen atoms in total. The molecule has 0 amide bonds. The molecule has 1 unspecified atom stereocenters. The minimum Gasteiger partial charge on any atom is -0.492 e. The largest absolute Gasteiger partial charge is 0.492 e. The highest BCUT2D eigenvalue weighted by Crippen LogP contribution is 2.27. The van der Waals surface area contributed by atoms with Crippen molar-refractivity contribution in [1.29, 1.82) is 0 Å². The van der Waals surface area contributed by atoms with E-state index in [0.29, 0.717) is 16.8 Å². The molecule has 1 N–H and O–H groups in total. The fourth-order valence-electron chi connectivity index (χ4n) is 1.35. The lowest BCUT2D eigenvalue weighted by Gasteiger charge is -2.14. The SMILES string of the molecule is CCOc1ccc(Br)cc1S(=O)(=O)NCC(C)OC. The smallest absolute Gasteiger partial charge is 0.244 e. The zero-order valence-electron chi connectivity index (χ0n) is 11.1. The van der Waals surface area contributed by atoms with E-state index in [1.165, 1.54) is 13.2 Å². The molecule has 0 aliphatic rings. The monoisotopic (exact) mass is 351 g/mol. The molecule has 1 rings (SSSR count). The third kappa shape index (κ3) is 4.76. The van der Waals surface area contributed by atoms with Gasteiger partial charge in [-0.25, -0.2) is 13.1 Å². The minimum atomic E-state index is -3.63. The topological polar surface area (TPSA) is 64.6 Å². The van der Waals surface area contributed by atoms with Gasteiger partial charge in [-0.15, -0.1) is 0 Å². The average molecular weight is 352 g/mol. The van der Waals surface area contributed by atoms with Gasteiger partial charge in [-0.1, -0.05) is 15.9 Å². The van der Waals surface area contributed by atoms with Crippen LogP contribution in [-0.4, -0.2) is 34.8 Å². The highest BCUT2D eigenvalue weighted by molar-refractivity contribution is 9.10. The Kier molecular flexibility index (Phi) is 6.25. The third-order valence-corrected chi connectivity index (χ3v) is 4.40. The maximum Gasteiger partial charge on any atom is 0.244 e. The molecule has 0 aliphatic heterocycles. The molecule has 0 heterocycles. The predicted molar refractivity (Wildman–Crippen MR) is 77.0 cm³/mol. The van der Waals surface area contributed by atoms with Gasteiger partial charge in [0.1, 0.15) is 10.6 Å². The minimum absolute atomic E-state index is 0.118. The first-order valence-corrected chi connectivity index (χ1v) is 8.13. The molecule has 7 heteroatoms. The first-order chi connectivity index (χ1) is 8.90. The van der Waals surface area contributed by atoms with Gasteiger partial charge in [0, 0.05) is 18.1 Å². The molecule has 0 saturated carbocycles. The van der Waals surface area contributed by atoms with E-state index in [1.807, 2.05) is 0 Å². The van der Waals surface area contributed by atoms with Gasteiger partial charge >= 0.3 is 0 Å². The lowest BCUT2D eigenvalue weighted by Crippen LogP contribution is -2.31. The molecular weight excluding hydrogens is 334 g/mol. The summed E-state index contributed by atoms with van der Waals surface area (Å²) in [5.74, 6) is 0.336. The van der Waals surface area contributed by atoms with Gasteiger partial charge in [-0.3, -0.25) is 0 Å². The summed E-state index contributed by atoms with van der Waals surface area (Å²) < 4.78 is 38.0. The molecule has 0 aliphatic carbocycles. The van der Waals surface area contributed by atoms with Gasteiger partial charge < -0.3 is 9.47 Å². The van der Waals surface area contributed by atoms with Crippen molar-refractivity contribution in [1.82, 2.24) is 4.72 Å². The number of benzene rings is 1. The summed E-state index contributed by atoms with van der Waals surface area (Å²) in [6, 6.07) is 4.88. The molecule has 0 aromatic heterocycles. The van der Waals surface area contributed by atoms with Crippen molar-refractivity contribution < 1.29 is 17.9 Å². The van der Waals surface area contributed by atoms with Gasteiger partial charge in [0.15, 0.2) is 0 Å². The maximum absolute atomic E-state index is 12.2. The van der Waals surface area contributed by atoms with Gasteiger partial charge in [0.25, 0.3) is 0 Å². The molecule has 1 aromatic rings. The summed E-state index contributed by atoms with van der Waals surface area (Å²) in [6.07, 6.45) is -0.197. The molecule has 0 spiro atoms. The summed E-state index contributed by atoms with van der Waals surface area (Å²) in [5, 5.41) is 0. The molecular formula is C12H18BrNO4S. The molecule has 1 aromatic carbocycles. The first-order valence-electron chi connectivity index (χ1n) is 5.85. The van der Waals surface area contributed by atoms with Crippen LogP contribution >= 0.6 is 15.9 Å². The molecule has 0 bridgehead atoms. The van der Waals surface area contributed by atoms with E-state index in [1.54, 1.807) is 26.0 Å². The van der Waals surface area contributed by atoms with E-state index in [-0.39, 0.29) is 17.5 Å². The van der Waals surface area contributed by atoms with E-state index in [9.17, 15) is 8.42 Å². The molecule has 1 atom stereocenters. The van der Waals surface area contributed by atoms with Crippen LogP contribution in [0.25, 0.3) is 0 Å². The van der Waals surface area contributed by atoms with Crippen LogP contribution in [0.5, 0.6) is 5.75 Å². The Morgan fingerprint density at radius 3 is 2.68 bits per heavy atom. The molecule has 0 saturated heterocycles. The Bertz CT molecular complexity index is 518. The number of hydrogen-bond donors (Lipinski definition) is 1. The second-order valence-corrected chi connectivity index (χ2v) is 6.57. The van der Waals surface area contributed by atoms with Crippen LogP contribution in [0.15, 0.2) is 27.6 Å². The van der Waals surface area contributed by atoms with E-state index in [0.717, 1.165) is 0 Å². The number of rotatable bonds is 7. The first kappa shape index (κ1) is 16.4. The van der Waals surface area contributed by atoms with Crippen LogP contribution in [0.2, 0.25) is 0 Å². The quantitative estimate of drug-likeness (QED) is 0.817. The average Bonchev–Trinajstić information content (AvgIpc) is 2.38. The predicted octanol–water partition coefficient (Wildman–Crippen LogP) is 2.16.